The number of piperazine rings is 1. The predicted molar refractivity (Wildman–Crippen MR) is 131 cm³/mol. The first-order valence-corrected chi connectivity index (χ1v) is 12.5. The maximum Gasteiger partial charge on any atom is 0.265 e. The summed E-state index contributed by atoms with van der Waals surface area (Å²) in [5.74, 6) is 0.202. The van der Waals surface area contributed by atoms with Gasteiger partial charge in [-0.15, -0.1) is 11.3 Å². The molecule has 7 heteroatoms. The van der Waals surface area contributed by atoms with Gasteiger partial charge in [0.15, 0.2) is 0 Å². The minimum absolute atomic E-state index is 0.0946. The topological polar surface area (TPSA) is 43.9 Å². The van der Waals surface area contributed by atoms with Gasteiger partial charge in [0.1, 0.15) is 4.88 Å². The number of carbonyl (C=O) groups excluding carboxylic acids is 2. The lowest BCUT2D eigenvalue weighted by Crippen LogP contribution is -2.64. The first-order valence-electron chi connectivity index (χ1n) is 10.8. The Morgan fingerprint density at radius 1 is 0.781 bits per heavy atom. The predicted octanol–water partition coefficient (Wildman–Crippen LogP) is 4.46. The van der Waals surface area contributed by atoms with Crippen molar-refractivity contribution in [2.45, 2.75) is 6.04 Å². The molecule has 164 valence electrons. The lowest BCUT2D eigenvalue weighted by molar-refractivity contribution is 0.00862. The van der Waals surface area contributed by atoms with Crippen LogP contribution in [0, 0.1) is 0 Å². The number of hydrogen-bond acceptors (Lipinski definition) is 4. The highest BCUT2D eigenvalue weighted by molar-refractivity contribution is 9.10. The summed E-state index contributed by atoms with van der Waals surface area (Å²) in [4.78, 5) is 32.6. The summed E-state index contributed by atoms with van der Waals surface area (Å²) in [6.07, 6.45) is 0. The second-order valence-electron chi connectivity index (χ2n) is 8.23. The molecule has 2 aliphatic rings. The van der Waals surface area contributed by atoms with Crippen LogP contribution in [0.2, 0.25) is 0 Å². The van der Waals surface area contributed by atoms with E-state index in [2.05, 4.69) is 33.0 Å². The van der Waals surface area contributed by atoms with E-state index in [0.29, 0.717) is 6.04 Å². The molecule has 0 aliphatic carbocycles. The molecule has 2 aromatic carbocycles. The number of rotatable bonds is 4. The molecule has 0 spiro atoms. The summed E-state index contributed by atoms with van der Waals surface area (Å²) in [6.45, 7) is 4.68. The van der Waals surface area contributed by atoms with Crippen molar-refractivity contribution in [1.82, 2.24) is 14.7 Å². The minimum atomic E-state index is 0.0946. The minimum Gasteiger partial charge on any atom is -0.335 e. The fourth-order valence-electron chi connectivity index (χ4n) is 4.35. The molecule has 0 atom stereocenters. The monoisotopic (exact) mass is 509 g/mol. The van der Waals surface area contributed by atoms with Crippen molar-refractivity contribution in [2.75, 3.05) is 39.3 Å². The molecule has 2 aliphatic heterocycles. The van der Waals surface area contributed by atoms with Gasteiger partial charge in [0.2, 0.25) is 0 Å². The van der Waals surface area contributed by atoms with E-state index < -0.39 is 0 Å². The zero-order valence-electron chi connectivity index (χ0n) is 17.6. The lowest BCUT2D eigenvalue weighted by atomic mass is 10.0. The van der Waals surface area contributed by atoms with Crippen LogP contribution in [0.5, 0.6) is 0 Å². The molecule has 1 aromatic heterocycles. The highest BCUT2D eigenvalue weighted by Gasteiger charge is 2.37. The van der Waals surface area contributed by atoms with E-state index in [4.69, 9.17) is 0 Å². The fourth-order valence-corrected chi connectivity index (χ4v) is 5.86. The van der Waals surface area contributed by atoms with Gasteiger partial charge in [0.25, 0.3) is 11.8 Å². The van der Waals surface area contributed by atoms with Gasteiger partial charge in [-0.25, -0.2) is 0 Å². The van der Waals surface area contributed by atoms with Crippen molar-refractivity contribution in [3.05, 3.63) is 81.0 Å². The van der Waals surface area contributed by atoms with Crippen LogP contribution < -0.4 is 0 Å². The molecule has 2 saturated heterocycles. The smallest absolute Gasteiger partial charge is 0.265 e. The summed E-state index contributed by atoms with van der Waals surface area (Å²) in [5.41, 5.74) is 3.00. The van der Waals surface area contributed by atoms with E-state index in [1.165, 1.54) is 11.3 Å². The van der Waals surface area contributed by atoms with Crippen molar-refractivity contribution in [3.8, 4) is 11.1 Å². The molecular weight excluding hydrogens is 486 g/mol. The molecular formula is C25H24BrN3O2S. The average Bonchev–Trinajstić information content (AvgIpc) is 3.24. The Kier molecular flexibility index (Phi) is 6.13. The molecule has 0 bridgehead atoms. The highest BCUT2D eigenvalue weighted by Crippen LogP contribution is 2.26. The Labute approximate surface area is 200 Å². The zero-order valence-corrected chi connectivity index (χ0v) is 20.0. The molecule has 32 heavy (non-hydrogen) atoms. The maximum atomic E-state index is 12.9. The normalized spacial score (nSPS) is 17.3. The second kappa shape index (κ2) is 9.17. The molecule has 0 N–H and O–H groups in total. The third-order valence-corrected chi connectivity index (χ3v) is 8.14. The van der Waals surface area contributed by atoms with Crippen LogP contribution >= 0.6 is 27.3 Å². The van der Waals surface area contributed by atoms with Crippen LogP contribution in [0.25, 0.3) is 11.1 Å². The molecule has 0 unspecified atom stereocenters. The molecule has 0 saturated carbocycles. The average molecular weight is 510 g/mol. The molecule has 2 fully saturated rings. The Hall–Kier alpha value is -2.48. The molecule has 5 rings (SSSR count). The number of benzene rings is 2. The van der Waals surface area contributed by atoms with Gasteiger partial charge < -0.3 is 9.80 Å². The quantitative estimate of drug-likeness (QED) is 0.521. The third-order valence-electron chi connectivity index (χ3n) is 6.32. The lowest BCUT2D eigenvalue weighted by Gasteiger charge is -2.48. The first kappa shape index (κ1) is 21.4. The van der Waals surface area contributed by atoms with Gasteiger partial charge in [-0.1, -0.05) is 42.5 Å². The van der Waals surface area contributed by atoms with Crippen molar-refractivity contribution in [2.24, 2.45) is 0 Å². The highest BCUT2D eigenvalue weighted by atomic mass is 79.9. The molecule has 3 heterocycles. The summed E-state index contributed by atoms with van der Waals surface area (Å²) >= 11 is 4.94. The van der Waals surface area contributed by atoms with Gasteiger partial charge >= 0.3 is 0 Å². The Morgan fingerprint density at radius 2 is 1.44 bits per heavy atom. The first-order chi connectivity index (χ1) is 15.6. The van der Waals surface area contributed by atoms with Crippen LogP contribution in [-0.4, -0.2) is 71.8 Å². The van der Waals surface area contributed by atoms with Gasteiger partial charge in [0, 0.05) is 55.3 Å². The Balaban J connectivity index is 1.12. The van der Waals surface area contributed by atoms with Crippen LogP contribution in [-0.2, 0) is 0 Å². The van der Waals surface area contributed by atoms with Crippen LogP contribution in [0.1, 0.15) is 20.0 Å². The SMILES string of the molecule is O=C(c1ccc(-c2ccccc2)cc1)N1CC(N2CCN(C(=O)c3sccc3Br)CC2)C1. The van der Waals surface area contributed by atoms with Crippen molar-refractivity contribution < 1.29 is 9.59 Å². The van der Waals surface area contributed by atoms with Gasteiger partial charge in [0.05, 0.1) is 0 Å². The number of thiophene rings is 1. The number of nitrogens with zero attached hydrogens (tertiary/aromatic N) is 3. The Bertz CT molecular complexity index is 1100. The summed E-state index contributed by atoms with van der Waals surface area (Å²) in [5, 5.41) is 1.93. The molecule has 2 amide bonds. The summed E-state index contributed by atoms with van der Waals surface area (Å²) in [7, 11) is 0. The van der Waals surface area contributed by atoms with E-state index in [0.717, 1.165) is 65.3 Å². The van der Waals surface area contributed by atoms with E-state index >= 15 is 0 Å². The molecule has 5 nitrogen and oxygen atoms in total. The van der Waals surface area contributed by atoms with Crippen molar-refractivity contribution in [3.63, 3.8) is 0 Å². The van der Waals surface area contributed by atoms with Crippen LogP contribution in [0.15, 0.2) is 70.5 Å². The largest absolute Gasteiger partial charge is 0.335 e. The zero-order chi connectivity index (χ0) is 22.1. The standard InChI is InChI=1S/C25H24BrN3O2S/c26-22-10-15-32-23(22)25(31)28-13-11-27(12-14-28)21-16-29(17-21)24(30)20-8-6-19(7-9-20)18-4-2-1-3-5-18/h1-10,15,21H,11-14,16-17H2. The van der Waals surface area contributed by atoms with Gasteiger partial charge in [-0.05, 0) is 50.6 Å². The molecule has 3 aromatic rings. The number of hydrogen-bond donors (Lipinski definition) is 0. The Morgan fingerprint density at radius 3 is 2.06 bits per heavy atom. The fraction of sp³-hybridized carbons (Fsp3) is 0.280. The van der Waals surface area contributed by atoms with E-state index in [9.17, 15) is 9.59 Å². The van der Waals surface area contributed by atoms with Crippen molar-refractivity contribution >= 4 is 39.1 Å². The number of carbonyl (C=O) groups is 2. The number of halogens is 1. The van der Waals surface area contributed by atoms with E-state index in [1.807, 2.05) is 63.7 Å². The van der Waals surface area contributed by atoms with Crippen LogP contribution in [0.3, 0.4) is 0 Å². The summed E-state index contributed by atoms with van der Waals surface area (Å²) in [6, 6.07) is 20.4. The van der Waals surface area contributed by atoms with Crippen molar-refractivity contribution in [1.29, 1.82) is 0 Å². The molecule has 0 radical (unpaired) electrons. The maximum absolute atomic E-state index is 12.9. The number of amides is 2. The van der Waals surface area contributed by atoms with Gasteiger partial charge in [-0.2, -0.15) is 0 Å². The van der Waals surface area contributed by atoms with E-state index in [1.54, 1.807) is 0 Å². The summed E-state index contributed by atoms with van der Waals surface area (Å²) < 4.78 is 0.875. The van der Waals surface area contributed by atoms with Gasteiger partial charge in [-0.3, -0.25) is 14.5 Å². The number of likely N-dealkylation sites (tertiary alicyclic amines) is 1. The third kappa shape index (κ3) is 4.25. The van der Waals surface area contributed by atoms with Crippen LogP contribution in [0.4, 0.5) is 0 Å². The van der Waals surface area contributed by atoms with E-state index in [-0.39, 0.29) is 11.8 Å². The second-order valence-corrected chi connectivity index (χ2v) is 10.0.